The number of hydrogen-bond donors (Lipinski definition) is 2. The molecule has 0 unspecified atom stereocenters. The smallest absolute Gasteiger partial charge is 0.191 e. The van der Waals surface area contributed by atoms with Gasteiger partial charge >= 0.3 is 0 Å². The third-order valence-corrected chi connectivity index (χ3v) is 3.57. The molecule has 19 heavy (non-hydrogen) atoms. The number of aliphatic imine (C=N–C) groups is 1. The molecule has 0 radical (unpaired) electrons. The first-order valence-corrected chi connectivity index (χ1v) is 7.13. The maximum absolute atomic E-state index is 4.26. The summed E-state index contributed by atoms with van der Waals surface area (Å²) in [4.78, 5) is 9.84. The third kappa shape index (κ3) is 4.71. The monoisotopic (exact) mass is 274 g/mol. The van der Waals surface area contributed by atoms with E-state index in [2.05, 4.69) is 38.1 Å². The van der Waals surface area contributed by atoms with Gasteiger partial charge in [0.05, 0.1) is 12.2 Å². The van der Waals surface area contributed by atoms with Gasteiger partial charge in [-0.05, 0) is 30.0 Å². The summed E-state index contributed by atoms with van der Waals surface area (Å²) < 4.78 is 0. The lowest BCUT2D eigenvalue weighted by Crippen LogP contribution is -2.37. The number of thiophene rings is 1. The SMILES string of the molecule is CN=C(NCCc1cccs1)NCc1ccccn1. The van der Waals surface area contributed by atoms with Crippen LogP contribution in [-0.4, -0.2) is 24.5 Å². The molecule has 0 saturated carbocycles. The number of rotatable bonds is 5. The fourth-order valence-electron chi connectivity index (χ4n) is 1.66. The third-order valence-electron chi connectivity index (χ3n) is 2.63. The summed E-state index contributed by atoms with van der Waals surface area (Å²) in [6.07, 6.45) is 2.81. The molecule has 0 aliphatic heterocycles. The first-order chi connectivity index (χ1) is 9.38. The van der Waals surface area contributed by atoms with E-state index >= 15 is 0 Å². The van der Waals surface area contributed by atoms with Crippen LogP contribution in [0.2, 0.25) is 0 Å². The van der Waals surface area contributed by atoms with Crippen LogP contribution in [-0.2, 0) is 13.0 Å². The Hall–Kier alpha value is -1.88. The maximum atomic E-state index is 4.26. The Kier molecular flexibility index (Phi) is 5.37. The van der Waals surface area contributed by atoms with Crippen LogP contribution in [0, 0.1) is 0 Å². The molecule has 0 aliphatic carbocycles. The second kappa shape index (κ2) is 7.53. The molecule has 0 aliphatic rings. The van der Waals surface area contributed by atoms with Gasteiger partial charge in [0.15, 0.2) is 5.96 Å². The molecule has 0 spiro atoms. The standard InChI is InChI=1S/C14H18N4S/c1-15-14(17-9-7-13-6-4-10-19-13)18-11-12-5-2-3-8-16-12/h2-6,8,10H,7,9,11H2,1H3,(H2,15,17,18). The summed E-state index contributed by atoms with van der Waals surface area (Å²) in [7, 11) is 1.78. The number of hydrogen-bond acceptors (Lipinski definition) is 3. The Bertz CT molecular complexity index is 493. The lowest BCUT2D eigenvalue weighted by atomic mass is 10.3. The highest BCUT2D eigenvalue weighted by atomic mass is 32.1. The van der Waals surface area contributed by atoms with E-state index in [0.717, 1.165) is 24.6 Å². The van der Waals surface area contributed by atoms with Crippen molar-refractivity contribution in [3.8, 4) is 0 Å². The van der Waals surface area contributed by atoms with Crippen molar-refractivity contribution in [2.75, 3.05) is 13.6 Å². The molecule has 100 valence electrons. The van der Waals surface area contributed by atoms with Crippen molar-refractivity contribution in [1.29, 1.82) is 0 Å². The fraction of sp³-hybridized carbons (Fsp3) is 0.286. The number of pyridine rings is 1. The molecule has 0 atom stereocenters. The normalized spacial score (nSPS) is 11.3. The van der Waals surface area contributed by atoms with Crippen LogP contribution < -0.4 is 10.6 Å². The van der Waals surface area contributed by atoms with E-state index in [9.17, 15) is 0 Å². The van der Waals surface area contributed by atoms with Crippen LogP contribution in [0.5, 0.6) is 0 Å². The second-order valence-electron chi connectivity index (χ2n) is 4.00. The average Bonchev–Trinajstić information content (AvgIpc) is 2.97. The Labute approximate surface area is 117 Å². The summed E-state index contributed by atoms with van der Waals surface area (Å²) in [5.74, 6) is 0.808. The van der Waals surface area contributed by atoms with Gasteiger partial charge < -0.3 is 10.6 Å². The largest absolute Gasteiger partial charge is 0.356 e. The van der Waals surface area contributed by atoms with Crippen LogP contribution in [0.1, 0.15) is 10.6 Å². The fourth-order valence-corrected chi connectivity index (χ4v) is 2.37. The molecule has 0 amide bonds. The number of guanidine groups is 1. The van der Waals surface area contributed by atoms with E-state index in [1.54, 1.807) is 24.6 Å². The molecule has 5 heteroatoms. The lowest BCUT2D eigenvalue weighted by molar-refractivity contribution is 0.787. The van der Waals surface area contributed by atoms with E-state index in [-0.39, 0.29) is 0 Å². The molecular weight excluding hydrogens is 256 g/mol. The molecule has 0 fully saturated rings. The van der Waals surface area contributed by atoms with Crippen LogP contribution in [0.25, 0.3) is 0 Å². The molecule has 2 aromatic rings. The number of nitrogens with one attached hydrogen (secondary N) is 2. The highest BCUT2D eigenvalue weighted by molar-refractivity contribution is 7.09. The van der Waals surface area contributed by atoms with Gasteiger partial charge in [0.1, 0.15) is 0 Å². The van der Waals surface area contributed by atoms with E-state index in [1.165, 1.54) is 4.88 Å². The average molecular weight is 274 g/mol. The lowest BCUT2D eigenvalue weighted by Gasteiger charge is -2.11. The van der Waals surface area contributed by atoms with Gasteiger partial charge in [-0.1, -0.05) is 12.1 Å². The molecule has 4 nitrogen and oxygen atoms in total. The molecular formula is C14H18N4S. The van der Waals surface area contributed by atoms with Gasteiger partial charge in [-0.2, -0.15) is 0 Å². The summed E-state index contributed by atoms with van der Waals surface area (Å²) in [6, 6.07) is 10.1. The number of nitrogens with zero attached hydrogens (tertiary/aromatic N) is 2. The molecule has 0 aromatic carbocycles. The summed E-state index contributed by atoms with van der Waals surface area (Å²) in [6.45, 7) is 1.56. The van der Waals surface area contributed by atoms with Crippen molar-refractivity contribution in [1.82, 2.24) is 15.6 Å². The van der Waals surface area contributed by atoms with Gasteiger partial charge in [-0.3, -0.25) is 9.98 Å². The quantitative estimate of drug-likeness (QED) is 0.648. The summed E-state index contributed by atoms with van der Waals surface area (Å²) in [5.41, 5.74) is 1.00. The van der Waals surface area contributed by atoms with Crippen LogP contribution in [0.3, 0.4) is 0 Å². The Morgan fingerprint density at radius 1 is 1.26 bits per heavy atom. The molecule has 2 heterocycles. The highest BCUT2D eigenvalue weighted by Gasteiger charge is 1.99. The minimum Gasteiger partial charge on any atom is -0.356 e. The predicted octanol–water partition coefficient (Wildman–Crippen LogP) is 2.05. The van der Waals surface area contributed by atoms with Gasteiger partial charge in [0, 0.05) is 24.7 Å². The van der Waals surface area contributed by atoms with Crippen molar-refractivity contribution in [2.45, 2.75) is 13.0 Å². The maximum Gasteiger partial charge on any atom is 0.191 e. The minimum atomic E-state index is 0.680. The Balaban J connectivity index is 1.72. The topological polar surface area (TPSA) is 49.3 Å². The van der Waals surface area contributed by atoms with Crippen LogP contribution >= 0.6 is 11.3 Å². The minimum absolute atomic E-state index is 0.680. The van der Waals surface area contributed by atoms with Crippen LogP contribution in [0.4, 0.5) is 0 Å². The van der Waals surface area contributed by atoms with Crippen molar-refractivity contribution < 1.29 is 0 Å². The summed E-state index contributed by atoms with van der Waals surface area (Å²) in [5, 5.41) is 8.64. The molecule has 2 rings (SSSR count). The van der Waals surface area contributed by atoms with Gasteiger partial charge in [0.2, 0.25) is 0 Å². The Morgan fingerprint density at radius 2 is 2.21 bits per heavy atom. The zero-order valence-corrected chi connectivity index (χ0v) is 11.8. The van der Waals surface area contributed by atoms with Crippen molar-refractivity contribution in [3.63, 3.8) is 0 Å². The molecule has 0 bridgehead atoms. The first kappa shape index (κ1) is 13.5. The van der Waals surface area contributed by atoms with E-state index in [0.29, 0.717) is 6.54 Å². The number of aromatic nitrogens is 1. The second-order valence-corrected chi connectivity index (χ2v) is 5.04. The molecule has 2 N–H and O–H groups in total. The van der Waals surface area contributed by atoms with Crippen molar-refractivity contribution in [3.05, 3.63) is 52.5 Å². The predicted molar refractivity (Wildman–Crippen MR) is 80.5 cm³/mol. The molecule has 0 saturated heterocycles. The highest BCUT2D eigenvalue weighted by Crippen LogP contribution is 2.07. The Morgan fingerprint density at radius 3 is 2.89 bits per heavy atom. The zero-order valence-electron chi connectivity index (χ0n) is 11.0. The van der Waals surface area contributed by atoms with E-state index in [4.69, 9.17) is 0 Å². The first-order valence-electron chi connectivity index (χ1n) is 6.25. The van der Waals surface area contributed by atoms with Crippen molar-refractivity contribution in [2.24, 2.45) is 4.99 Å². The van der Waals surface area contributed by atoms with E-state index < -0.39 is 0 Å². The van der Waals surface area contributed by atoms with Gasteiger partial charge in [-0.15, -0.1) is 11.3 Å². The summed E-state index contributed by atoms with van der Waals surface area (Å²) >= 11 is 1.78. The van der Waals surface area contributed by atoms with Gasteiger partial charge in [-0.25, -0.2) is 0 Å². The van der Waals surface area contributed by atoms with Crippen molar-refractivity contribution >= 4 is 17.3 Å². The molecule has 2 aromatic heterocycles. The van der Waals surface area contributed by atoms with Gasteiger partial charge in [0.25, 0.3) is 0 Å². The van der Waals surface area contributed by atoms with E-state index in [1.807, 2.05) is 18.2 Å². The zero-order chi connectivity index (χ0) is 13.3. The van der Waals surface area contributed by atoms with Crippen LogP contribution in [0.15, 0.2) is 46.9 Å².